The van der Waals surface area contributed by atoms with Gasteiger partial charge in [0.05, 0.1) is 28.1 Å². The van der Waals surface area contributed by atoms with Crippen molar-refractivity contribution in [3.05, 3.63) is 62.3 Å². The Morgan fingerprint density at radius 1 is 1.21 bits per heavy atom. The molecule has 0 bridgehead atoms. The first-order valence-electron chi connectivity index (χ1n) is 8.30. The fourth-order valence-electron chi connectivity index (χ4n) is 2.65. The number of carbonyl (C=O) groups excluding carboxylic acids is 1. The Labute approximate surface area is 175 Å². The number of benzene rings is 2. The Hall–Kier alpha value is -3.10. The summed E-state index contributed by atoms with van der Waals surface area (Å²) in [7, 11) is 1.39. The summed E-state index contributed by atoms with van der Waals surface area (Å²) in [6.45, 7) is 1.36. The number of ether oxygens (including phenoxy) is 2. The van der Waals surface area contributed by atoms with Crippen LogP contribution in [0.15, 0.2) is 36.4 Å². The number of amides is 1. The van der Waals surface area contributed by atoms with E-state index in [4.69, 9.17) is 32.7 Å². The zero-order valence-corrected chi connectivity index (χ0v) is 16.9. The van der Waals surface area contributed by atoms with Gasteiger partial charge in [0, 0.05) is 11.1 Å². The Balaban J connectivity index is 1.82. The number of nitrogens with zero attached hydrogens (tertiary/aromatic N) is 2. The first kappa shape index (κ1) is 20.6. The second-order valence-electron chi connectivity index (χ2n) is 6.00. The van der Waals surface area contributed by atoms with E-state index in [1.54, 1.807) is 19.1 Å². The van der Waals surface area contributed by atoms with Crippen LogP contribution in [-0.4, -0.2) is 29.5 Å². The maximum atomic E-state index is 12.3. The Bertz CT molecular complexity index is 1120. The van der Waals surface area contributed by atoms with E-state index in [2.05, 4.69) is 10.3 Å². The minimum Gasteiger partial charge on any atom is -0.496 e. The average molecular weight is 436 g/mol. The third-order valence-corrected chi connectivity index (χ3v) is 4.59. The summed E-state index contributed by atoms with van der Waals surface area (Å²) in [5, 5.41) is 14.9. The number of hydrogen-bond donors (Lipinski definition) is 1. The predicted molar refractivity (Wildman–Crippen MR) is 110 cm³/mol. The second kappa shape index (κ2) is 8.50. The molecule has 10 heteroatoms. The molecule has 0 fully saturated rings. The molecule has 0 saturated carbocycles. The number of aromatic nitrogens is 1. The van der Waals surface area contributed by atoms with Crippen molar-refractivity contribution >= 4 is 51.4 Å². The van der Waals surface area contributed by atoms with Crippen molar-refractivity contribution in [2.24, 2.45) is 0 Å². The van der Waals surface area contributed by atoms with Crippen LogP contribution in [0.4, 0.5) is 11.4 Å². The molecule has 150 valence electrons. The van der Waals surface area contributed by atoms with Gasteiger partial charge in [0.2, 0.25) is 0 Å². The number of rotatable bonds is 6. The smallest absolute Gasteiger partial charge is 0.296 e. The Morgan fingerprint density at radius 3 is 2.66 bits per heavy atom. The molecule has 0 aliphatic heterocycles. The van der Waals surface area contributed by atoms with E-state index in [1.165, 1.54) is 31.4 Å². The average Bonchev–Trinajstić information content (AvgIpc) is 2.67. The van der Waals surface area contributed by atoms with Gasteiger partial charge in [0.25, 0.3) is 11.6 Å². The molecule has 0 aliphatic carbocycles. The van der Waals surface area contributed by atoms with Crippen molar-refractivity contribution in [2.75, 3.05) is 19.0 Å². The molecule has 0 saturated heterocycles. The van der Waals surface area contributed by atoms with E-state index in [9.17, 15) is 14.9 Å². The highest BCUT2D eigenvalue weighted by Gasteiger charge is 2.19. The van der Waals surface area contributed by atoms with Crippen LogP contribution >= 0.6 is 23.2 Å². The van der Waals surface area contributed by atoms with Gasteiger partial charge in [-0.1, -0.05) is 23.2 Å². The molecule has 0 atom stereocenters. The third kappa shape index (κ3) is 4.49. The van der Waals surface area contributed by atoms with Crippen molar-refractivity contribution in [1.29, 1.82) is 0 Å². The number of hydrogen-bond acceptors (Lipinski definition) is 6. The second-order valence-corrected chi connectivity index (χ2v) is 6.81. The minimum atomic E-state index is -0.616. The van der Waals surface area contributed by atoms with Crippen LogP contribution in [0.5, 0.6) is 11.5 Å². The summed E-state index contributed by atoms with van der Waals surface area (Å²) >= 11 is 12.4. The third-order valence-electron chi connectivity index (χ3n) is 4.00. The quantitative estimate of drug-likeness (QED) is 0.441. The summed E-state index contributed by atoms with van der Waals surface area (Å²) in [6.07, 6.45) is 0. The van der Waals surface area contributed by atoms with Gasteiger partial charge in [-0.2, -0.15) is 0 Å². The monoisotopic (exact) mass is 435 g/mol. The van der Waals surface area contributed by atoms with Gasteiger partial charge in [-0.05, 0) is 37.3 Å². The number of pyridine rings is 1. The van der Waals surface area contributed by atoms with Crippen molar-refractivity contribution in [2.45, 2.75) is 6.92 Å². The van der Waals surface area contributed by atoms with Gasteiger partial charge in [-0.25, -0.2) is 4.98 Å². The van der Waals surface area contributed by atoms with Crippen LogP contribution in [0.3, 0.4) is 0 Å². The first-order valence-corrected chi connectivity index (χ1v) is 9.06. The lowest BCUT2D eigenvalue weighted by atomic mass is 10.2. The highest BCUT2D eigenvalue weighted by Crippen LogP contribution is 2.37. The molecular weight excluding hydrogens is 421 g/mol. The zero-order chi connectivity index (χ0) is 21.1. The lowest BCUT2D eigenvalue weighted by Gasteiger charge is -2.12. The maximum absolute atomic E-state index is 12.3. The Morgan fingerprint density at radius 2 is 1.97 bits per heavy atom. The molecule has 2 aromatic carbocycles. The number of nitro groups is 1. The zero-order valence-electron chi connectivity index (χ0n) is 15.4. The normalized spacial score (nSPS) is 10.6. The van der Waals surface area contributed by atoms with Gasteiger partial charge < -0.3 is 14.8 Å². The summed E-state index contributed by atoms with van der Waals surface area (Å²) in [5.41, 5.74) is 0.861. The van der Waals surface area contributed by atoms with Gasteiger partial charge in [-0.15, -0.1) is 0 Å². The summed E-state index contributed by atoms with van der Waals surface area (Å²) in [6, 6.07) is 9.17. The molecule has 3 rings (SSSR count). The number of methoxy groups -OCH3 is 1. The van der Waals surface area contributed by atoms with Crippen LogP contribution in [-0.2, 0) is 4.79 Å². The van der Waals surface area contributed by atoms with E-state index in [-0.39, 0.29) is 22.1 Å². The van der Waals surface area contributed by atoms with Gasteiger partial charge in [0.1, 0.15) is 17.0 Å². The molecule has 8 nitrogen and oxygen atoms in total. The fraction of sp³-hybridized carbons (Fsp3) is 0.158. The standard InChI is InChI=1S/C19H15Cl2N3O5/c1-10-3-5-12-13(20)8-14(21)19(18(12)22-10)29-9-17(25)23-15-6-4-11(28-2)7-16(15)24(26)27/h3-8H,9H2,1-2H3,(H,23,25). The van der Waals surface area contributed by atoms with Gasteiger partial charge in [0.15, 0.2) is 12.4 Å². The molecule has 1 amide bonds. The van der Waals surface area contributed by atoms with E-state index in [1.807, 2.05) is 0 Å². The van der Waals surface area contributed by atoms with E-state index >= 15 is 0 Å². The SMILES string of the molecule is COc1ccc(NC(=O)COc2c(Cl)cc(Cl)c3ccc(C)nc23)c([N+](=O)[O-])c1. The molecule has 29 heavy (non-hydrogen) atoms. The van der Waals surface area contributed by atoms with Crippen LogP contribution in [0.25, 0.3) is 10.9 Å². The number of halogens is 2. The number of nitrogens with one attached hydrogen (secondary N) is 1. The number of nitro benzene ring substituents is 1. The van der Waals surface area contributed by atoms with Crippen LogP contribution < -0.4 is 14.8 Å². The highest BCUT2D eigenvalue weighted by molar-refractivity contribution is 6.39. The van der Waals surface area contributed by atoms with Crippen LogP contribution in [0.1, 0.15) is 5.69 Å². The predicted octanol–water partition coefficient (Wildman–Crippen LogP) is 4.78. The van der Waals surface area contributed by atoms with Crippen LogP contribution in [0.2, 0.25) is 10.0 Å². The molecule has 1 heterocycles. The van der Waals surface area contributed by atoms with Crippen molar-refractivity contribution < 1.29 is 19.2 Å². The lowest BCUT2D eigenvalue weighted by Crippen LogP contribution is -2.21. The molecule has 0 spiro atoms. The number of carbonyl (C=O) groups is 1. The van der Waals surface area contributed by atoms with Crippen LogP contribution in [0, 0.1) is 17.0 Å². The summed E-state index contributed by atoms with van der Waals surface area (Å²) in [4.78, 5) is 27.3. The fourth-order valence-corrected chi connectivity index (χ4v) is 3.22. The van der Waals surface area contributed by atoms with Crippen molar-refractivity contribution in [3.63, 3.8) is 0 Å². The van der Waals surface area contributed by atoms with E-state index < -0.39 is 17.4 Å². The molecular formula is C19H15Cl2N3O5. The number of fused-ring (bicyclic) bond motifs is 1. The lowest BCUT2D eigenvalue weighted by molar-refractivity contribution is -0.384. The first-order chi connectivity index (χ1) is 13.8. The number of anilines is 1. The minimum absolute atomic E-state index is 0.0189. The van der Waals surface area contributed by atoms with Gasteiger partial charge in [-0.3, -0.25) is 14.9 Å². The van der Waals surface area contributed by atoms with Gasteiger partial charge >= 0.3 is 0 Å². The van der Waals surface area contributed by atoms with Crippen molar-refractivity contribution in [1.82, 2.24) is 4.98 Å². The highest BCUT2D eigenvalue weighted by atomic mass is 35.5. The van der Waals surface area contributed by atoms with E-state index in [0.717, 1.165) is 5.69 Å². The molecule has 0 radical (unpaired) electrons. The molecule has 1 N–H and O–H groups in total. The molecule has 0 aliphatic rings. The summed E-state index contributed by atoms with van der Waals surface area (Å²) < 4.78 is 10.5. The molecule has 1 aromatic heterocycles. The molecule has 0 unspecified atom stereocenters. The number of aryl methyl sites for hydroxylation is 1. The summed E-state index contributed by atoms with van der Waals surface area (Å²) in [5.74, 6) is -0.106. The topological polar surface area (TPSA) is 104 Å². The largest absolute Gasteiger partial charge is 0.496 e. The van der Waals surface area contributed by atoms with E-state index in [0.29, 0.717) is 21.7 Å². The Kier molecular flexibility index (Phi) is 6.05. The van der Waals surface area contributed by atoms with Crippen molar-refractivity contribution in [3.8, 4) is 11.5 Å². The maximum Gasteiger partial charge on any atom is 0.296 e. The molecule has 3 aromatic rings.